The minimum absolute atomic E-state index is 0.126. The summed E-state index contributed by atoms with van der Waals surface area (Å²) in [5.74, 6) is 1.05. The van der Waals surface area contributed by atoms with Crippen LogP contribution in [-0.4, -0.2) is 30.7 Å². The van der Waals surface area contributed by atoms with Crippen molar-refractivity contribution >= 4 is 5.91 Å². The molecule has 0 unspecified atom stereocenters. The van der Waals surface area contributed by atoms with Crippen molar-refractivity contribution in [1.29, 1.82) is 0 Å². The predicted octanol–water partition coefficient (Wildman–Crippen LogP) is 3.12. The molecule has 0 aliphatic rings. The first-order chi connectivity index (χ1) is 13.4. The molecule has 7 nitrogen and oxygen atoms in total. The molecular formula is C21H28N2O5. The van der Waals surface area contributed by atoms with Crippen LogP contribution < -0.4 is 25.1 Å². The van der Waals surface area contributed by atoms with Crippen LogP contribution in [0.15, 0.2) is 23.0 Å². The zero-order chi connectivity index (χ0) is 20.7. The van der Waals surface area contributed by atoms with Crippen molar-refractivity contribution in [2.45, 2.75) is 41.2 Å². The predicted molar refractivity (Wildman–Crippen MR) is 108 cm³/mol. The molecule has 28 heavy (non-hydrogen) atoms. The highest BCUT2D eigenvalue weighted by atomic mass is 16.5. The van der Waals surface area contributed by atoms with Gasteiger partial charge in [-0.15, -0.1) is 0 Å². The molecule has 1 aromatic carbocycles. The molecule has 1 aromatic heterocycles. The minimum Gasteiger partial charge on any atom is -0.490 e. The first kappa shape index (κ1) is 21.3. The van der Waals surface area contributed by atoms with Gasteiger partial charge in [0.25, 0.3) is 11.5 Å². The highest BCUT2D eigenvalue weighted by Crippen LogP contribution is 2.39. The minimum atomic E-state index is -0.329. The van der Waals surface area contributed by atoms with Crippen molar-refractivity contribution < 1.29 is 19.0 Å². The van der Waals surface area contributed by atoms with Crippen LogP contribution in [0.5, 0.6) is 17.2 Å². The van der Waals surface area contributed by atoms with E-state index in [1.165, 1.54) is 0 Å². The number of aromatic amines is 1. The number of pyridine rings is 1. The number of amides is 1. The second-order valence-electron chi connectivity index (χ2n) is 6.23. The Labute approximate surface area is 165 Å². The smallest absolute Gasteiger partial charge is 0.253 e. The van der Waals surface area contributed by atoms with E-state index in [9.17, 15) is 9.59 Å². The second-order valence-corrected chi connectivity index (χ2v) is 6.23. The molecule has 0 saturated carbocycles. The summed E-state index contributed by atoms with van der Waals surface area (Å²) in [6.45, 7) is 10.7. The number of aromatic nitrogens is 1. The van der Waals surface area contributed by atoms with Crippen molar-refractivity contribution in [2.75, 3.05) is 19.8 Å². The number of rotatable bonds is 9. The fourth-order valence-electron chi connectivity index (χ4n) is 2.89. The maximum atomic E-state index is 12.7. The molecule has 0 spiro atoms. The average molecular weight is 388 g/mol. The van der Waals surface area contributed by atoms with Gasteiger partial charge in [-0.3, -0.25) is 9.59 Å². The first-order valence-corrected chi connectivity index (χ1v) is 9.45. The number of nitrogens with one attached hydrogen (secondary N) is 2. The fourth-order valence-corrected chi connectivity index (χ4v) is 2.89. The van der Waals surface area contributed by atoms with E-state index in [2.05, 4.69) is 10.3 Å². The van der Waals surface area contributed by atoms with Crippen LogP contribution in [0.25, 0.3) is 0 Å². The lowest BCUT2D eigenvalue weighted by Gasteiger charge is -2.17. The van der Waals surface area contributed by atoms with Crippen LogP contribution in [0, 0.1) is 13.8 Å². The summed E-state index contributed by atoms with van der Waals surface area (Å²) in [7, 11) is 0. The molecule has 7 heteroatoms. The summed E-state index contributed by atoms with van der Waals surface area (Å²) in [5, 5.41) is 2.80. The van der Waals surface area contributed by atoms with Crippen LogP contribution in [-0.2, 0) is 6.54 Å². The average Bonchev–Trinajstić information content (AvgIpc) is 2.63. The maximum Gasteiger partial charge on any atom is 0.253 e. The van der Waals surface area contributed by atoms with Crippen LogP contribution in [0.1, 0.15) is 48.0 Å². The highest BCUT2D eigenvalue weighted by molar-refractivity contribution is 5.95. The molecule has 0 radical (unpaired) electrons. The number of ether oxygens (including phenoxy) is 3. The molecule has 0 aliphatic heterocycles. The topological polar surface area (TPSA) is 89.7 Å². The third-order valence-corrected chi connectivity index (χ3v) is 4.09. The Hall–Kier alpha value is -2.96. The molecule has 152 valence electrons. The third kappa shape index (κ3) is 5.06. The molecule has 1 heterocycles. The Morgan fingerprint density at radius 2 is 1.54 bits per heavy atom. The van der Waals surface area contributed by atoms with Crippen molar-refractivity contribution in [3.63, 3.8) is 0 Å². The van der Waals surface area contributed by atoms with Crippen molar-refractivity contribution in [1.82, 2.24) is 10.3 Å². The number of carbonyl (C=O) groups is 1. The zero-order valence-corrected chi connectivity index (χ0v) is 17.1. The number of benzene rings is 1. The Kier molecular flexibility index (Phi) is 7.49. The summed E-state index contributed by atoms with van der Waals surface area (Å²) in [4.78, 5) is 27.6. The van der Waals surface area contributed by atoms with Crippen molar-refractivity contribution in [2.24, 2.45) is 0 Å². The van der Waals surface area contributed by atoms with E-state index in [4.69, 9.17) is 14.2 Å². The molecule has 1 amide bonds. The lowest BCUT2D eigenvalue weighted by atomic mass is 10.1. The molecule has 2 rings (SSSR count). The van der Waals surface area contributed by atoms with Gasteiger partial charge in [-0.2, -0.15) is 0 Å². The molecule has 0 fully saturated rings. The van der Waals surface area contributed by atoms with Crippen LogP contribution in [0.4, 0.5) is 0 Å². The summed E-state index contributed by atoms with van der Waals surface area (Å²) < 4.78 is 16.9. The van der Waals surface area contributed by atoms with Gasteiger partial charge >= 0.3 is 0 Å². The number of hydrogen-bond acceptors (Lipinski definition) is 5. The maximum absolute atomic E-state index is 12.7. The molecule has 2 N–H and O–H groups in total. The van der Waals surface area contributed by atoms with Crippen LogP contribution in [0.2, 0.25) is 0 Å². The number of H-pyrrole nitrogens is 1. The van der Waals surface area contributed by atoms with Crippen LogP contribution in [0.3, 0.4) is 0 Å². The quantitative estimate of drug-likeness (QED) is 0.689. The first-order valence-electron chi connectivity index (χ1n) is 9.45. The van der Waals surface area contributed by atoms with Crippen LogP contribution >= 0.6 is 0 Å². The van der Waals surface area contributed by atoms with E-state index in [0.29, 0.717) is 48.2 Å². The number of hydrogen-bond donors (Lipinski definition) is 2. The number of aryl methyl sites for hydroxylation is 2. The molecule has 2 aromatic rings. The molecule has 0 bridgehead atoms. The summed E-state index contributed by atoms with van der Waals surface area (Å²) in [5.41, 5.74) is 2.32. The van der Waals surface area contributed by atoms with E-state index in [0.717, 1.165) is 11.3 Å². The number of carbonyl (C=O) groups excluding carboxylic acids is 1. The van der Waals surface area contributed by atoms with Gasteiger partial charge in [0.2, 0.25) is 5.75 Å². The van der Waals surface area contributed by atoms with E-state index in [-0.39, 0.29) is 18.0 Å². The van der Waals surface area contributed by atoms with E-state index >= 15 is 0 Å². The third-order valence-electron chi connectivity index (χ3n) is 4.09. The lowest BCUT2D eigenvalue weighted by Crippen LogP contribution is -2.28. The van der Waals surface area contributed by atoms with E-state index in [1.807, 2.05) is 40.7 Å². The van der Waals surface area contributed by atoms with E-state index < -0.39 is 0 Å². The lowest BCUT2D eigenvalue weighted by molar-refractivity contribution is 0.0949. The molecule has 0 aliphatic carbocycles. The second kappa shape index (κ2) is 9.82. The zero-order valence-electron chi connectivity index (χ0n) is 17.1. The normalized spacial score (nSPS) is 10.5. The van der Waals surface area contributed by atoms with Crippen molar-refractivity contribution in [3.05, 3.63) is 50.9 Å². The SMILES string of the molecule is CCOc1cc(C(=O)NCc2c(C)cc(C)[nH]c2=O)cc(OCC)c1OCC. The van der Waals surface area contributed by atoms with Crippen molar-refractivity contribution in [3.8, 4) is 17.2 Å². The van der Waals surface area contributed by atoms with Gasteiger partial charge in [0.05, 0.1) is 19.8 Å². The highest BCUT2D eigenvalue weighted by Gasteiger charge is 2.18. The fraction of sp³-hybridized carbons (Fsp3) is 0.429. The Morgan fingerprint density at radius 1 is 0.964 bits per heavy atom. The standard InChI is InChI=1S/C21H28N2O5/c1-6-26-17-10-15(11-18(27-7-2)19(17)28-8-3)20(24)22-12-16-13(4)9-14(5)23-21(16)25/h9-11H,6-8,12H2,1-5H3,(H,22,24)(H,23,25). The molecular weight excluding hydrogens is 360 g/mol. The van der Waals surface area contributed by atoms with Gasteiger partial charge in [-0.25, -0.2) is 0 Å². The van der Waals surface area contributed by atoms with Gasteiger partial charge in [0.1, 0.15) is 0 Å². The van der Waals surface area contributed by atoms with E-state index in [1.54, 1.807) is 12.1 Å². The van der Waals surface area contributed by atoms with Gasteiger partial charge in [-0.05, 0) is 58.4 Å². The molecule has 0 atom stereocenters. The monoisotopic (exact) mass is 388 g/mol. The van der Waals surface area contributed by atoms with Gasteiger partial charge in [0, 0.05) is 23.4 Å². The Balaban J connectivity index is 2.30. The summed E-state index contributed by atoms with van der Waals surface area (Å²) in [6.07, 6.45) is 0. The van der Waals surface area contributed by atoms with Gasteiger partial charge < -0.3 is 24.5 Å². The Morgan fingerprint density at radius 3 is 2.04 bits per heavy atom. The summed E-state index contributed by atoms with van der Waals surface area (Å²) in [6, 6.07) is 5.12. The van der Waals surface area contributed by atoms with Gasteiger partial charge in [-0.1, -0.05) is 0 Å². The Bertz CT molecular complexity index is 862. The van der Waals surface area contributed by atoms with Gasteiger partial charge in [0.15, 0.2) is 11.5 Å². The molecule has 0 saturated heterocycles. The largest absolute Gasteiger partial charge is 0.490 e. The summed E-state index contributed by atoms with van der Waals surface area (Å²) >= 11 is 0.